The Morgan fingerprint density at radius 3 is 2.27 bits per heavy atom. The van der Waals surface area contributed by atoms with Crippen molar-refractivity contribution in [1.82, 2.24) is 0 Å². The van der Waals surface area contributed by atoms with Crippen molar-refractivity contribution in [3.8, 4) is 0 Å². The molecule has 1 aliphatic rings. The highest BCUT2D eigenvalue weighted by molar-refractivity contribution is 5.78. The van der Waals surface area contributed by atoms with Crippen LogP contribution in [0.25, 0.3) is 0 Å². The molecule has 1 fully saturated rings. The number of rotatable bonds is 2. The topological polar surface area (TPSA) is 63.6 Å². The molecule has 0 aliphatic heterocycles. The highest BCUT2D eigenvalue weighted by Gasteiger charge is 2.54. The fourth-order valence-electron chi connectivity index (χ4n) is 2.84. The third-order valence-electron chi connectivity index (χ3n) is 3.63. The summed E-state index contributed by atoms with van der Waals surface area (Å²) < 4.78 is 4.74. The summed E-state index contributed by atoms with van der Waals surface area (Å²) in [6.07, 6.45) is 0.544. The van der Waals surface area contributed by atoms with Crippen LogP contribution in [0.1, 0.15) is 27.2 Å². The third-order valence-corrected chi connectivity index (χ3v) is 3.63. The maximum Gasteiger partial charge on any atom is 0.309 e. The van der Waals surface area contributed by atoms with Gasteiger partial charge in [0.2, 0.25) is 0 Å². The van der Waals surface area contributed by atoms with Crippen molar-refractivity contribution in [2.75, 3.05) is 7.11 Å². The van der Waals surface area contributed by atoms with Gasteiger partial charge in [-0.05, 0) is 17.8 Å². The molecule has 1 rings (SSSR count). The van der Waals surface area contributed by atoms with E-state index in [9.17, 15) is 9.59 Å². The second-order valence-electron chi connectivity index (χ2n) is 4.93. The second-order valence-corrected chi connectivity index (χ2v) is 4.93. The van der Waals surface area contributed by atoms with Gasteiger partial charge >= 0.3 is 11.9 Å². The van der Waals surface area contributed by atoms with Crippen LogP contribution in [-0.2, 0) is 14.3 Å². The average molecular weight is 214 g/mol. The lowest BCUT2D eigenvalue weighted by Gasteiger charge is -2.29. The molecule has 1 aliphatic carbocycles. The Labute approximate surface area is 89.6 Å². The molecule has 0 heterocycles. The van der Waals surface area contributed by atoms with Gasteiger partial charge in [-0.2, -0.15) is 0 Å². The van der Waals surface area contributed by atoms with E-state index in [1.165, 1.54) is 7.11 Å². The number of carbonyl (C=O) groups is 2. The quantitative estimate of drug-likeness (QED) is 0.708. The molecule has 86 valence electrons. The Morgan fingerprint density at radius 2 is 1.93 bits per heavy atom. The Hall–Kier alpha value is -1.06. The second kappa shape index (κ2) is 3.83. The normalized spacial score (nSPS) is 33.7. The molecule has 1 N–H and O–H groups in total. The first-order chi connectivity index (χ1) is 6.82. The van der Waals surface area contributed by atoms with Gasteiger partial charge in [0.25, 0.3) is 0 Å². The number of hydrogen-bond acceptors (Lipinski definition) is 3. The molecule has 4 heteroatoms. The Kier molecular flexibility index (Phi) is 3.07. The minimum absolute atomic E-state index is 0.0635. The maximum atomic E-state index is 11.6. The van der Waals surface area contributed by atoms with Gasteiger partial charge < -0.3 is 9.84 Å². The smallest absolute Gasteiger partial charge is 0.309 e. The molecule has 3 atom stereocenters. The van der Waals surface area contributed by atoms with Crippen LogP contribution in [0.5, 0.6) is 0 Å². The van der Waals surface area contributed by atoms with Crippen LogP contribution in [0.2, 0.25) is 0 Å². The molecule has 0 radical (unpaired) electrons. The Bertz CT molecular complexity index is 282. The number of ether oxygens (including phenoxy) is 1. The van der Waals surface area contributed by atoms with E-state index in [0.717, 1.165) is 0 Å². The highest BCUT2D eigenvalue weighted by atomic mass is 16.5. The third kappa shape index (κ3) is 1.85. The van der Waals surface area contributed by atoms with E-state index in [1.807, 2.05) is 20.8 Å². The van der Waals surface area contributed by atoms with E-state index in [1.54, 1.807) is 0 Å². The fraction of sp³-hybridized carbons (Fsp3) is 0.818. The van der Waals surface area contributed by atoms with E-state index in [2.05, 4.69) is 0 Å². The van der Waals surface area contributed by atoms with E-state index in [4.69, 9.17) is 9.84 Å². The van der Waals surface area contributed by atoms with Crippen molar-refractivity contribution >= 4 is 11.9 Å². The standard InChI is InChI=1S/C11H18O4/c1-6-5-7(9(12)13)11(2,3)8(6)10(14)15-4/h6-8H,5H2,1-4H3,(H,12,13)/t6-,7+,8-/m1/s1. The van der Waals surface area contributed by atoms with Gasteiger partial charge in [0, 0.05) is 0 Å². The minimum atomic E-state index is -0.821. The number of carboxylic acids is 1. The van der Waals surface area contributed by atoms with E-state index in [0.29, 0.717) is 6.42 Å². The summed E-state index contributed by atoms with van der Waals surface area (Å²) in [5.41, 5.74) is -0.529. The molecular weight excluding hydrogens is 196 g/mol. The van der Waals surface area contributed by atoms with Gasteiger partial charge in [-0.25, -0.2) is 0 Å². The molecule has 0 saturated heterocycles. The summed E-state index contributed by atoms with van der Waals surface area (Å²) in [6, 6.07) is 0. The fourth-order valence-corrected chi connectivity index (χ4v) is 2.84. The molecule has 4 nitrogen and oxygen atoms in total. The SMILES string of the molecule is COC(=O)[C@H]1[C@H](C)C[C@@H](C(=O)O)C1(C)C. The molecule has 0 spiro atoms. The van der Waals surface area contributed by atoms with Crippen LogP contribution in [0.15, 0.2) is 0 Å². The van der Waals surface area contributed by atoms with Gasteiger partial charge in [0.05, 0.1) is 18.9 Å². The summed E-state index contributed by atoms with van der Waals surface area (Å²) >= 11 is 0. The van der Waals surface area contributed by atoms with Crippen molar-refractivity contribution in [1.29, 1.82) is 0 Å². The van der Waals surface area contributed by atoms with E-state index in [-0.39, 0.29) is 17.8 Å². The van der Waals surface area contributed by atoms with Crippen LogP contribution >= 0.6 is 0 Å². The van der Waals surface area contributed by atoms with Gasteiger partial charge in [-0.1, -0.05) is 20.8 Å². The van der Waals surface area contributed by atoms with Crippen molar-refractivity contribution in [3.63, 3.8) is 0 Å². The average Bonchev–Trinajstić information content (AvgIpc) is 2.35. The molecule has 0 bridgehead atoms. The van der Waals surface area contributed by atoms with Crippen LogP contribution < -0.4 is 0 Å². The van der Waals surface area contributed by atoms with Crippen LogP contribution in [0, 0.1) is 23.2 Å². The summed E-state index contributed by atoms with van der Waals surface area (Å²) in [4.78, 5) is 22.7. The minimum Gasteiger partial charge on any atom is -0.481 e. The number of hydrogen-bond donors (Lipinski definition) is 1. The zero-order chi connectivity index (χ0) is 11.8. The largest absolute Gasteiger partial charge is 0.481 e. The first kappa shape index (κ1) is 12.0. The lowest BCUT2D eigenvalue weighted by atomic mass is 9.74. The number of esters is 1. The van der Waals surface area contributed by atoms with E-state index >= 15 is 0 Å². The molecule has 15 heavy (non-hydrogen) atoms. The van der Waals surface area contributed by atoms with Gasteiger partial charge in [0.1, 0.15) is 0 Å². The summed E-state index contributed by atoms with van der Waals surface area (Å²) in [6.45, 7) is 5.57. The van der Waals surface area contributed by atoms with Gasteiger partial charge in [-0.3, -0.25) is 9.59 Å². The van der Waals surface area contributed by atoms with Gasteiger partial charge in [0.15, 0.2) is 0 Å². The van der Waals surface area contributed by atoms with Crippen molar-refractivity contribution in [2.45, 2.75) is 27.2 Å². The molecular formula is C11H18O4. The zero-order valence-electron chi connectivity index (χ0n) is 9.61. The van der Waals surface area contributed by atoms with Crippen molar-refractivity contribution in [3.05, 3.63) is 0 Å². The van der Waals surface area contributed by atoms with Crippen LogP contribution in [0.4, 0.5) is 0 Å². The summed E-state index contributed by atoms with van der Waals surface area (Å²) in [7, 11) is 1.35. The number of carbonyl (C=O) groups excluding carboxylic acids is 1. The highest BCUT2D eigenvalue weighted by Crippen LogP contribution is 2.51. The predicted molar refractivity (Wildman–Crippen MR) is 54.2 cm³/mol. The number of methoxy groups -OCH3 is 1. The molecule has 0 aromatic carbocycles. The van der Waals surface area contributed by atoms with E-state index < -0.39 is 17.3 Å². The van der Waals surface area contributed by atoms with Crippen molar-refractivity contribution < 1.29 is 19.4 Å². The summed E-state index contributed by atoms with van der Waals surface area (Å²) in [5, 5.41) is 9.09. The Morgan fingerprint density at radius 1 is 1.40 bits per heavy atom. The lowest BCUT2D eigenvalue weighted by molar-refractivity contribution is -0.153. The number of aliphatic carboxylic acids is 1. The lowest BCUT2D eigenvalue weighted by Crippen LogP contribution is -2.36. The Balaban J connectivity index is 3.00. The molecule has 0 unspecified atom stereocenters. The van der Waals surface area contributed by atoms with Crippen molar-refractivity contribution in [2.24, 2.45) is 23.2 Å². The molecule has 0 aromatic rings. The first-order valence-corrected chi connectivity index (χ1v) is 5.13. The van der Waals surface area contributed by atoms with Gasteiger partial charge in [-0.15, -0.1) is 0 Å². The maximum absolute atomic E-state index is 11.6. The van der Waals surface area contributed by atoms with Crippen LogP contribution in [0.3, 0.4) is 0 Å². The monoisotopic (exact) mass is 214 g/mol. The summed E-state index contributed by atoms with van der Waals surface area (Å²) in [5.74, 6) is -1.83. The molecule has 0 amide bonds. The molecule has 1 saturated carbocycles. The predicted octanol–water partition coefficient (Wildman–Crippen LogP) is 1.54. The zero-order valence-corrected chi connectivity index (χ0v) is 9.61. The first-order valence-electron chi connectivity index (χ1n) is 5.13. The van der Waals surface area contributed by atoms with Crippen LogP contribution in [-0.4, -0.2) is 24.2 Å². The molecule has 0 aromatic heterocycles. The number of carboxylic acid groups (broad SMARTS) is 1.